The Morgan fingerprint density at radius 2 is 0.833 bits per heavy atom. The van der Waals surface area contributed by atoms with Crippen LogP contribution in [0.3, 0.4) is 0 Å². The average molecular weight is 723 g/mol. The standard InChI is InChI=1S/C50H30N2S2/c1-2-12-32(13-3-1)50-51-44(34-22-24-49-43(29-34)41-17-7-9-20-47(41)54-49)30-45(52-50)37-26-35(25-36(27-37)39-18-10-14-31-11-4-5-15-38(31)39)33-21-23-48-42(28-33)40-16-6-8-19-46(40)53-48/h1-30H. The van der Waals surface area contributed by atoms with Crippen LogP contribution in [0.2, 0.25) is 0 Å². The number of thiophene rings is 2. The number of nitrogens with zero attached hydrogens (tertiary/aromatic N) is 2. The van der Waals surface area contributed by atoms with Gasteiger partial charge in [0.1, 0.15) is 0 Å². The Labute approximate surface area is 320 Å². The highest BCUT2D eigenvalue weighted by Gasteiger charge is 2.16. The number of rotatable bonds is 5. The van der Waals surface area contributed by atoms with Crippen molar-refractivity contribution in [2.45, 2.75) is 0 Å². The summed E-state index contributed by atoms with van der Waals surface area (Å²) in [4.78, 5) is 10.5. The molecule has 0 aliphatic carbocycles. The number of benzene rings is 8. The van der Waals surface area contributed by atoms with Crippen molar-refractivity contribution in [3.05, 3.63) is 182 Å². The summed E-state index contributed by atoms with van der Waals surface area (Å²) in [6, 6.07) is 65.7. The van der Waals surface area contributed by atoms with Crippen molar-refractivity contribution in [2.24, 2.45) is 0 Å². The van der Waals surface area contributed by atoms with E-state index in [1.807, 2.05) is 28.7 Å². The van der Waals surface area contributed by atoms with Crippen molar-refractivity contribution in [2.75, 3.05) is 0 Å². The van der Waals surface area contributed by atoms with Gasteiger partial charge in [-0.2, -0.15) is 0 Å². The molecule has 252 valence electrons. The molecule has 0 saturated heterocycles. The smallest absolute Gasteiger partial charge is 0.160 e. The van der Waals surface area contributed by atoms with Crippen LogP contribution in [0, 0.1) is 0 Å². The molecule has 4 heteroatoms. The predicted octanol–water partition coefficient (Wildman–Crippen LogP) is 14.7. The maximum Gasteiger partial charge on any atom is 0.160 e. The maximum atomic E-state index is 5.31. The topological polar surface area (TPSA) is 25.8 Å². The molecule has 54 heavy (non-hydrogen) atoms. The van der Waals surface area contributed by atoms with Crippen molar-refractivity contribution in [1.82, 2.24) is 9.97 Å². The molecule has 0 amide bonds. The Balaban J connectivity index is 1.15. The molecule has 3 heterocycles. The van der Waals surface area contributed by atoms with Crippen LogP contribution in [0.25, 0.3) is 107 Å². The molecule has 3 aromatic heterocycles. The van der Waals surface area contributed by atoms with E-state index in [0.717, 1.165) is 39.2 Å². The van der Waals surface area contributed by atoms with Gasteiger partial charge in [0.25, 0.3) is 0 Å². The lowest BCUT2D eigenvalue weighted by Crippen LogP contribution is -1.96. The van der Waals surface area contributed by atoms with Gasteiger partial charge in [-0.1, -0.05) is 121 Å². The van der Waals surface area contributed by atoms with Crippen molar-refractivity contribution >= 4 is 73.8 Å². The lowest BCUT2D eigenvalue weighted by Gasteiger charge is -2.14. The summed E-state index contributed by atoms with van der Waals surface area (Å²) >= 11 is 3.69. The molecular formula is C50H30N2S2. The normalized spacial score (nSPS) is 11.7. The van der Waals surface area contributed by atoms with Gasteiger partial charge in [-0.3, -0.25) is 0 Å². The number of hydrogen-bond donors (Lipinski definition) is 0. The fourth-order valence-corrected chi connectivity index (χ4v) is 10.00. The van der Waals surface area contributed by atoms with E-state index in [1.165, 1.54) is 62.2 Å². The molecule has 11 aromatic rings. The van der Waals surface area contributed by atoms with Gasteiger partial charge in [-0.25, -0.2) is 9.97 Å². The van der Waals surface area contributed by atoms with Gasteiger partial charge in [0.15, 0.2) is 5.82 Å². The van der Waals surface area contributed by atoms with Crippen LogP contribution in [0.15, 0.2) is 182 Å². The Hall–Kier alpha value is -6.46. The van der Waals surface area contributed by atoms with Crippen molar-refractivity contribution < 1.29 is 0 Å². The number of hydrogen-bond acceptors (Lipinski definition) is 4. The first-order valence-corrected chi connectivity index (χ1v) is 19.8. The molecule has 0 unspecified atom stereocenters. The van der Waals surface area contributed by atoms with Crippen LogP contribution in [0.5, 0.6) is 0 Å². The highest BCUT2D eigenvalue weighted by atomic mass is 32.1. The molecule has 0 N–H and O–H groups in total. The van der Waals surface area contributed by atoms with Gasteiger partial charge >= 0.3 is 0 Å². The fraction of sp³-hybridized carbons (Fsp3) is 0. The van der Waals surface area contributed by atoms with Crippen molar-refractivity contribution in [3.63, 3.8) is 0 Å². The van der Waals surface area contributed by atoms with E-state index >= 15 is 0 Å². The van der Waals surface area contributed by atoms with Crippen LogP contribution < -0.4 is 0 Å². The molecule has 0 fully saturated rings. The minimum atomic E-state index is 0.710. The van der Waals surface area contributed by atoms with Crippen molar-refractivity contribution in [3.8, 4) is 56.2 Å². The van der Waals surface area contributed by atoms with Gasteiger partial charge in [0.2, 0.25) is 0 Å². The zero-order valence-electron chi connectivity index (χ0n) is 29.0. The number of aromatic nitrogens is 2. The van der Waals surface area contributed by atoms with E-state index < -0.39 is 0 Å². The molecule has 0 spiro atoms. The molecule has 8 aromatic carbocycles. The highest BCUT2D eigenvalue weighted by Crippen LogP contribution is 2.41. The lowest BCUT2D eigenvalue weighted by molar-refractivity contribution is 1.18. The second-order valence-electron chi connectivity index (χ2n) is 13.8. The fourth-order valence-electron chi connectivity index (χ4n) is 7.83. The first-order valence-electron chi connectivity index (χ1n) is 18.1. The zero-order chi connectivity index (χ0) is 35.6. The second-order valence-corrected chi connectivity index (χ2v) is 15.9. The Morgan fingerprint density at radius 1 is 0.296 bits per heavy atom. The Bertz CT molecular complexity index is 3220. The summed E-state index contributed by atoms with van der Waals surface area (Å²) in [5.41, 5.74) is 9.59. The summed E-state index contributed by atoms with van der Waals surface area (Å²) < 4.78 is 5.18. The van der Waals surface area contributed by atoms with Crippen LogP contribution >= 0.6 is 22.7 Å². The van der Waals surface area contributed by atoms with Crippen LogP contribution in [-0.2, 0) is 0 Å². The third kappa shape index (κ3) is 5.30. The molecule has 0 aliphatic heterocycles. The van der Waals surface area contributed by atoms with E-state index in [-0.39, 0.29) is 0 Å². The van der Waals surface area contributed by atoms with Gasteiger partial charge in [-0.05, 0) is 93.7 Å². The second kappa shape index (κ2) is 12.6. The van der Waals surface area contributed by atoms with E-state index in [9.17, 15) is 0 Å². The van der Waals surface area contributed by atoms with Gasteiger partial charge in [-0.15, -0.1) is 22.7 Å². The minimum Gasteiger partial charge on any atom is -0.228 e. The lowest BCUT2D eigenvalue weighted by atomic mass is 9.91. The summed E-state index contributed by atoms with van der Waals surface area (Å²) in [5, 5.41) is 7.57. The first kappa shape index (κ1) is 31.1. The van der Waals surface area contributed by atoms with Gasteiger partial charge in [0.05, 0.1) is 11.4 Å². The van der Waals surface area contributed by atoms with Gasteiger partial charge < -0.3 is 0 Å². The summed E-state index contributed by atoms with van der Waals surface area (Å²) in [5.74, 6) is 0.710. The molecule has 0 atom stereocenters. The summed E-state index contributed by atoms with van der Waals surface area (Å²) in [6.45, 7) is 0. The van der Waals surface area contributed by atoms with E-state index in [4.69, 9.17) is 9.97 Å². The predicted molar refractivity (Wildman–Crippen MR) is 232 cm³/mol. The highest BCUT2D eigenvalue weighted by molar-refractivity contribution is 7.26. The summed E-state index contributed by atoms with van der Waals surface area (Å²) in [6.07, 6.45) is 0. The number of fused-ring (bicyclic) bond motifs is 7. The van der Waals surface area contributed by atoms with E-state index in [0.29, 0.717) is 5.82 Å². The molecular weight excluding hydrogens is 693 g/mol. The van der Waals surface area contributed by atoms with Crippen LogP contribution in [0.4, 0.5) is 0 Å². The summed E-state index contributed by atoms with van der Waals surface area (Å²) in [7, 11) is 0. The van der Waals surface area contributed by atoms with Crippen molar-refractivity contribution in [1.29, 1.82) is 0 Å². The third-order valence-corrected chi connectivity index (χ3v) is 12.8. The molecule has 0 aliphatic rings. The quantitative estimate of drug-likeness (QED) is 0.177. The molecule has 0 saturated carbocycles. The minimum absolute atomic E-state index is 0.710. The monoisotopic (exact) mass is 722 g/mol. The van der Waals surface area contributed by atoms with Crippen LogP contribution in [-0.4, -0.2) is 9.97 Å². The SMILES string of the molecule is c1ccc(-c2nc(-c3cc(-c4ccc5sc6ccccc6c5c4)cc(-c4cccc5ccccc45)c3)cc(-c3ccc4sc5ccccc5c4c3)n2)cc1. The van der Waals surface area contributed by atoms with E-state index in [1.54, 1.807) is 0 Å². The third-order valence-electron chi connectivity index (χ3n) is 10.5. The molecule has 11 rings (SSSR count). The zero-order valence-corrected chi connectivity index (χ0v) is 30.7. The Morgan fingerprint density at radius 3 is 1.57 bits per heavy atom. The maximum absolute atomic E-state index is 5.31. The van der Waals surface area contributed by atoms with Gasteiger partial charge in [0, 0.05) is 57.0 Å². The van der Waals surface area contributed by atoms with Crippen LogP contribution in [0.1, 0.15) is 0 Å². The first-order chi connectivity index (χ1) is 26.7. The molecule has 0 radical (unpaired) electrons. The molecule has 2 nitrogen and oxygen atoms in total. The largest absolute Gasteiger partial charge is 0.228 e. The average Bonchev–Trinajstić information content (AvgIpc) is 3.81. The Kier molecular flexibility index (Phi) is 7.25. The molecule has 0 bridgehead atoms. The van der Waals surface area contributed by atoms with E-state index in [2.05, 4.69) is 176 Å².